The van der Waals surface area contributed by atoms with E-state index in [1.54, 1.807) is 29.0 Å². The molecular formula is C24H26FN3O2. The van der Waals surface area contributed by atoms with Crippen molar-refractivity contribution in [2.75, 3.05) is 13.1 Å². The normalized spacial score (nSPS) is 14.2. The summed E-state index contributed by atoms with van der Waals surface area (Å²) in [6.45, 7) is 4.17. The predicted molar refractivity (Wildman–Crippen MR) is 114 cm³/mol. The Morgan fingerprint density at radius 2 is 1.77 bits per heavy atom. The van der Waals surface area contributed by atoms with Crippen LogP contribution >= 0.6 is 0 Å². The lowest BCUT2D eigenvalue weighted by molar-refractivity contribution is 0.304. The molecular weight excluding hydrogens is 381 g/mol. The van der Waals surface area contributed by atoms with Gasteiger partial charge in [0.15, 0.2) is 0 Å². The molecule has 0 bridgehead atoms. The lowest BCUT2D eigenvalue weighted by atomic mass is 10.2. The average Bonchev–Trinajstić information content (AvgIpc) is 3.27. The molecule has 156 valence electrons. The minimum absolute atomic E-state index is 0.114. The number of aromatic nitrogens is 2. The fourth-order valence-corrected chi connectivity index (χ4v) is 3.64. The molecule has 0 atom stereocenters. The van der Waals surface area contributed by atoms with Gasteiger partial charge in [-0.15, -0.1) is 0 Å². The Hall–Kier alpha value is -2.99. The first kappa shape index (κ1) is 20.3. The van der Waals surface area contributed by atoms with Crippen molar-refractivity contribution in [2.45, 2.75) is 39.0 Å². The van der Waals surface area contributed by atoms with E-state index in [4.69, 9.17) is 4.74 Å². The monoisotopic (exact) mass is 407 g/mol. The van der Waals surface area contributed by atoms with Gasteiger partial charge in [0.2, 0.25) is 0 Å². The molecule has 0 amide bonds. The summed E-state index contributed by atoms with van der Waals surface area (Å²) in [7, 11) is 0. The highest BCUT2D eigenvalue weighted by Gasteiger charge is 2.11. The molecule has 5 nitrogen and oxygen atoms in total. The maximum atomic E-state index is 13.0. The Labute approximate surface area is 175 Å². The third-order valence-corrected chi connectivity index (χ3v) is 5.39. The highest BCUT2D eigenvalue weighted by Crippen LogP contribution is 2.13. The lowest BCUT2D eigenvalue weighted by Gasteiger charge is -2.14. The fraction of sp³-hybridized carbons (Fsp3) is 0.333. The van der Waals surface area contributed by atoms with Crippen LogP contribution in [0, 0.1) is 5.82 Å². The largest absolute Gasteiger partial charge is 0.489 e. The van der Waals surface area contributed by atoms with Gasteiger partial charge in [-0.3, -0.25) is 14.7 Å². The Bertz CT molecular complexity index is 1010. The van der Waals surface area contributed by atoms with Gasteiger partial charge in [0, 0.05) is 43.7 Å². The van der Waals surface area contributed by atoms with Crippen LogP contribution in [0.25, 0.3) is 0 Å². The van der Waals surface area contributed by atoms with Crippen molar-refractivity contribution in [2.24, 2.45) is 0 Å². The van der Waals surface area contributed by atoms with Gasteiger partial charge >= 0.3 is 0 Å². The number of likely N-dealkylation sites (tertiary alicyclic amines) is 1. The van der Waals surface area contributed by atoms with Crippen LogP contribution in [0.3, 0.4) is 0 Å². The maximum Gasteiger partial charge on any atom is 0.254 e. The second-order valence-electron chi connectivity index (χ2n) is 7.70. The van der Waals surface area contributed by atoms with E-state index in [1.807, 2.05) is 6.20 Å². The molecule has 4 rings (SSSR count). The molecule has 0 unspecified atom stereocenters. The molecule has 3 aromatic rings. The molecule has 0 radical (unpaired) electrons. The second kappa shape index (κ2) is 9.67. The summed E-state index contributed by atoms with van der Waals surface area (Å²) in [6, 6.07) is 13.6. The van der Waals surface area contributed by atoms with Crippen molar-refractivity contribution < 1.29 is 9.13 Å². The number of aryl methyl sites for hydroxylation is 2. The van der Waals surface area contributed by atoms with E-state index < -0.39 is 0 Å². The van der Waals surface area contributed by atoms with Gasteiger partial charge in [0.05, 0.1) is 0 Å². The first-order valence-electron chi connectivity index (χ1n) is 10.4. The lowest BCUT2D eigenvalue weighted by Crippen LogP contribution is -2.20. The Morgan fingerprint density at radius 1 is 1.00 bits per heavy atom. The maximum absolute atomic E-state index is 13.0. The molecule has 1 fully saturated rings. The van der Waals surface area contributed by atoms with Gasteiger partial charge in [0.25, 0.3) is 5.56 Å². The minimum Gasteiger partial charge on any atom is -0.489 e. The van der Waals surface area contributed by atoms with Crippen molar-refractivity contribution in [1.82, 2.24) is 14.5 Å². The van der Waals surface area contributed by atoms with E-state index in [-0.39, 0.29) is 18.0 Å². The molecule has 2 aromatic heterocycles. The molecule has 3 heterocycles. The number of ether oxygens (including phenoxy) is 1. The molecule has 0 saturated carbocycles. The van der Waals surface area contributed by atoms with Gasteiger partial charge in [-0.25, -0.2) is 4.39 Å². The van der Waals surface area contributed by atoms with Gasteiger partial charge in [-0.2, -0.15) is 0 Å². The van der Waals surface area contributed by atoms with Crippen molar-refractivity contribution in [3.63, 3.8) is 0 Å². The molecule has 0 aliphatic carbocycles. The van der Waals surface area contributed by atoms with Gasteiger partial charge in [0.1, 0.15) is 18.2 Å². The molecule has 1 aromatic carbocycles. The third kappa shape index (κ3) is 5.54. The van der Waals surface area contributed by atoms with Crippen LogP contribution < -0.4 is 10.3 Å². The van der Waals surface area contributed by atoms with Gasteiger partial charge in [-0.1, -0.05) is 18.2 Å². The molecule has 1 aliphatic rings. The van der Waals surface area contributed by atoms with Crippen LogP contribution in [0.1, 0.15) is 29.7 Å². The molecule has 1 aliphatic heterocycles. The van der Waals surface area contributed by atoms with Crippen molar-refractivity contribution in [3.8, 4) is 5.75 Å². The van der Waals surface area contributed by atoms with Crippen LogP contribution in [0.4, 0.5) is 4.39 Å². The molecule has 1 saturated heterocycles. The van der Waals surface area contributed by atoms with Crippen molar-refractivity contribution in [3.05, 3.63) is 93.9 Å². The number of nitrogens with zero attached hydrogens (tertiary/aromatic N) is 3. The van der Waals surface area contributed by atoms with Crippen LogP contribution in [0.15, 0.2) is 65.7 Å². The van der Waals surface area contributed by atoms with Gasteiger partial charge < -0.3 is 9.30 Å². The van der Waals surface area contributed by atoms with Crippen LogP contribution in [-0.4, -0.2) is 27.5 Å². The number of hydrogen-bond acceptors (Lipinski definition) is 4. The third-order valence-electron chi connectivity index (χ3n) is 5.39. The highest BCUT2D eigenvalue weighted by molar-refractivity contribution is 5.21. The van der Waals surface area contributed by atoms with Crippen LogP contribution in [-0.2, 0) is 26.1 Å². The van der Waals surface area contributed by atoms with Crippen molar-refractivity contribution in [1.29, 1.82) is 0 Å². The number of halogens is 1. The smallest absolute Gasteiger partial charge is 0.254 e. The zero-order valence-corrected chi connectivity index (χ0v) is 17.0. The minimum atomic E-state index is -0.280. The number of hydrogen-bond donors (Lipinski definition) is 0. The molecule has 0 N–H and O–H groups in total. The fourth-order valence-electron chi connectivity index (χ4n) is 3.64. The summed E-state index contributed by atoms with van der Waals surface area (Å²) in [5, 5.41) is 0. The zero-order valence-electron chi connectivity index (χ0n) is 17.0. The van der Waals surface area contributed by atoms with E-state index in [9.17, 15) is 9.18 Å². The Balaban J connectivity index is 1.29. The van der Waals surface area contributed by atoms with Crippen LogP contribution in [0.5, 0.6) is 5.75 Å². The first-order valence-corrected chi connectivity index (χ1v) is 10.4. The molecule has 30 heavy (non-hydrogen) atoms. The Morgan fingerprint density at radius 3 is 2.47 bits per heavy atom. The molecule has 6 heteroatoms. The highest BCUT2D eigenvalue weighted by atomic mass is 19.1. The summed E-state index contributed by atoms with van der Waals surface area (Å²) in [5.41, 5.74) is 2.95. The topological polar surface area (TPSA) is 47.4 Å². The second-order valence-corrected chi connectivity index (χ2v) is 7.70. The number of rotatable bonds is 8. The van der Waals surface area contributed by atoms with E-state index >= 15 is 0 Å². The van der Waals surface area contributed by atoms with E-state index in [1.165, 1.54) is 49.7 Å². The Kier molecular flexibility index (Phi) is 6.54. The summed E-state index contributed by atoms with van der Waals surface area (Å²) in [6.07, 6.45) is 6.96. The SMILES string of the molecule is O=c1cc(OCc2ccc(F)cc2)ccn1CCc1ccc(CN2CCCC2)cn1. The average molecular weight is 407 g/mol. The number of benzene rings is 1. The van der Waals surface area contributed by atoms with Crippen LogP contribution in [0.2, 0.25) is 0 Å². The van der Waals surface area contributed by atoms with E-state index in [2.05, 4.69) is 22.0 Å². The number of pyridine rings is 2. The first-order chi connectivity index (χ1) is 14.7. The van der Waals surface area contributed by atoms with E-state index in [0.717, 1.165) is 17.8 Å². The molecule has 0 spiro atoms. The predicted octanol–water partition coefficient (Wildman–Crippen LogP) is 3.80. The summed E-state index contributed by atoms with van der Waals surface area (Å²) in [4.78, 5) is 19.4. The summed E-state index contributed by atoms with van der Waals surface area (Å²) >= 11 is 0. The standard InChI is InChI=1S/C24H26FN3O2/c25-21-6-3-19(4-7-21)18-30-23-10-14-28(24(29)15-23)13-9-22-8-5-20(16-26-22)17-27-11-1-2-12-27/h3-8,10,14-16H,1-2,9,11-13,17-18H2. The van der Waals surface area contributed by atoms with Crippen molar-refractivity contribution >= 4 is 0 Å². The van der Waals surface area contributed by atoms with E-state index in [0.29, 0.717) is 18.7 Å². The summed E-state index contributed by atoms with van der Waals surface area (Å²) in [5.74, 6) is 0.224. The van der Waals surface area contributed by atoms with Gasteiger partial charge in [-0.05, 0) is 61.3 Å². The zero-order chi connectivity index (χ0) is 20.8. The quantitative estimate of drug-likeness (QED) is 0.570. The summed E-state index contributed by atoms with van der Waals surface area (Å²) < 4.78 is 20.3.